The Morgan fingerprint density at radius 3 is 2.32 bits per heavy atom. The molecule has 7 heteroatoms. The Morgan fingerprint density at radius 1 is 0.968 bits per heavy atom. The van der Waals surface area contributed by atoms with Gasteiger partial charge in [-0.25, -0.2) is 9.29 Å². The van der Waals surface area contributed by atoms with Gasteiger partial charge < -0.3 is 10.1 Å². The number of hydrogen-bond donors (Lipinski definition) is 1. The van der Waals surface area contributed by atoms with Crippen molar-refractivity contribution in [2.45, 2.75) is 6.92 Å². The molecule has 1 aliphatic rings. The van der Waals surface area contributed by atoms with Crippen molar-refractivity contribution in [2.75, 3.05) is 17.3 Å². The number of methoxy groups -OCH3 is 1. The van der Waals surface area contributed by atoms with E-state index in [9.17, 15) is 14.0 Å². The van der Waals surface area contributed by atoms with Crippen molar-refractivity contribution in [3.8, 4) is 5.75 Å². The number of benzene rings is 3. The largest absolute Gasteiger partial charge is 0.495 e. The fourth-order valence-corrected chi connectivity index (χ4v) is 3.71. The molecular formula is C24H18ClFN2O3. The van der Waals surface area contributed by atoms with E-state index in [0.29, 0.717) is 27.7 Å². The van der Waals surface area contributed by atoms with Crippen molar-refractivity contribution >= 4 is 40.4 Å². The van der Waals surface area contributed by atoms with Gasteiger partial charge in [0.25, 0.3) is 11.8 Å². The molecule has 0 saturated heterocycles. The lowest BCUT2D eigenvalue weighted by Gasteiger charge is -2.17. The molecule has 156 valence electrons. The minimum Gasteiger partial charge on any atom is -0.495 e. The van der Waals surface area contributed by atoms with Crippen LogP contribution in [0.2, 0.25) is 5.02 Å². The van der Waals surface area contributed by atoms with E-state index in [1.165, 1.54) is 31.4 Å². The number of ether oxygens (including phenoxy) is 1. The van der Waals surface area contributed by atoms with Crippen LogP contribution in [0.4, 0.5) is 15.8 Å². The molecule has 3 aromatic rings. The quantitative estimate of drug-likeness (QED) is 0.559. The first-order chi connectivity index (χ1) is 14.9. The summed E-state index contributed by atoms with van der Waals surface area (Å²) in [7, 11) is 1.50. The summed E-state index contributed by atoms with van der Waals surface area (Å²) in [5.74, 6) is -0.956. The molecule has 0 radical (unpaired) electrons. The normalized spacial score (nSPS) is 13.7. The summed E-state index contributed by atoms with van der Waals surface area (Å²) >= 11 is 6.21. The van der Waals surface area contributed by atoms with E-state index < -0.39 is 17.6 Å². The van der Waals surface area contributed by atoms with Gasteiger partial charge in [0.05, 0.1) is 23.4 Å². The van der Waals surface area contributed by atoms with E-state index in [4.69, 9.17) is 16.3 Å². The van der Waals surface area contributed by atoms with Crippen LogP contribution < -0.4 is 15.0 Å². The number of aryl methyl sites for hydroxylation is 1. The van der Waals surface area contributed by atoms with Gasteiger partial charge in [-0.2, -0.15) is 0 Å². The molecule has 0 spiro atoms. The first-order valence-electron chi connectivity index (χ1n) is 9.46. The highest BCUT2D eigenvalue weighted by Gasteiger charge is 2.40. The molecule has 3 aromatic carbocycles. The predicted molar refractivity (Wildman–Crippen MR) is 119 cm³/mol. The zero-order valence-corrected chi connectivity index (χ0v) is 17.5. The molecule has 31 heavy (non-hydrogen) atoms. The van der Waals surface area contributed by atoms with Crippen LogP contribution in [0.3, 0.4) is 0 Å². The highest BCUT2D eigenvalue weighted by Crippen LogP contribution is 2.36. The SMILES string of the molecule is COc1ccc(NC2=C(c3ccc(F)cc3)C(=O)N(c3ccccc3C)C2=O)cc1Cl. The average molecular weight is 437 g/mol. The molecule has 0 fully saturated rings. The van der Waals surface area contributed by atoms with Crippen LogP contribution in [-0.4, -0.2) is 18.9 Å². The smallest absolute Gasteiger partial charge is 0.282 e. The zero-order valence-electron chi connectivity index (χ0n) is 16.8. The predicted octanol–water partition coefficient (Wildman–Crippen LogP) is 5.19. The van der Waals surface area contributed by atoms with Gasteiger partial charge in [-0.05, 0) is 54.4 Å². The first-order valence-corrected chi connectivity index (χ1v) is 9.83. The molecule has 0 atom stereocenters. The third-order valence-corrected chi connectivity index (χ3v) is 5.29. The lowest BCUT2D eigenvalue weighted by Crippen LogP contribution is -2.33. The second-order valence-electron chi connectivity index (χ2n) is 6.96. The number of halogens is 2. The maximum atomic E-state index is 13.5. The lowest BCUT2D eigenvalue weighted by atomic mass is 10.0. The Morgan fingerprint density at radius 2 is 1.68 bits per heavy atom. The van der Waals surface area contributed by atoms with Crippen molar-refractivity contribution in [3.63, 3.8) is 0 Å². The number of nitrogens with zero attached hydrogens (tertiary/aromatic N) is 1. The number of amides is 2. The van der Waals surface area contributed by atoms with Crippen molar-refractivity contribution in [3.05, 3.63) is 94.4 Å². The molecule has 2 amide bonds. The van der Waals surface area contributed by atoms with Gasteiger partial charge in [0.1, 0.15) is 17.3 Å². The van der Waals surface area contributed by atoms with Gasteiger partial charge in [0, 0.05) is 5.69 Å². The topological polar surface area (TPSA) is 58.6 Å². The fraction of sp³-hybridized carbons (Fsp3) is 0.0833. The van der Waals surface area contributed by atoms with Crippen LogP contribution in [0.25, 0.3) is 5.57 Å². The van der Waals surface area contributed by atoms with Crippen LogP contribution in [-0.2, 0) is 9.59 Å². The van der Waals surface area contributed by atoms with Crippen molar-refractivity contribution < 1.29 is 18.7 Å². The average Bonchev–Trinajstić information content (AvgIpc) is 2.99. The van der Waals surface area contributed by atoms with Crippen molar-refractivity contribution in [1.29, 1.82) is 0 Å². The summed E-state index contributed by atoms with van der Waals surface area (Å²) in [5.41, 5.74) is 2.44. The van der Waals surface area contributed by atoms with Crippen molar-refractivity contribution in [1.82, 2.24) is 0 Å². The molecule has 0 bridgehead atoms. The van der Waals surface area contributed by atoms with Gasteiger partial charge in [-0.1, -0.05) is 41.9 Å². The molecule has 0 aliphatic carbocycles. The van der Waals surface area contributed by atoms with Crippen LogP contribution >= 0.6 is 11.6 Å². The van der Waals surface area contributed by atoms with Crippen LogP contribution in [0.1, 0.15) is 11.1 Å². The third-order valence-electron chi connectivity index (χ3n) is 4.99. The second-order valence-corrected chi connectivity index (χ2v) is 7.37. The van der Waals surface area contributed by atoms with Crippen molar-refractivity contribution in [2.24, 2.45) is 0 Å². The van der Waals surface area contributed by atoms with E-state index in [1.807, 2.05) is 19.1 Å². The zero-order chi connectivity index (χ0) is 22.1. The number of carbonyl (C=O) groups excluding carboxylic acids is 2. The molecule has 5 nitrogen and oxygen atoms in total. The maximum Gasteiger partial charge on any atom is 0.282 e. The molecule has 0 unspecified atom stereocenters. The molecule has 1 heterocycles. The number of anilines is 2. The number of hydrogen-bond acceptors (Lipinski definition) is 4. The summed E-state index contributed by atoms with van der Waals surface area (Å²) in [6.45, 7) is 1.82. The van der Waals surface area contributed by atoms with Gasteiger partial charge in [-0.3, -0.25) is 9.59 Å². The molecule has 0 aromatic heterocycles. The highest BCUT2D eigenvalue weighted by atomic mass is 35.5. The van der Waals surface area contributed by atoms with E-state index in [1.54, 1.807) is 30.3 Å². The van der Waals surface area contributed by atoms with Gasteiger partial charge >= 0.3 is 0 Å². The Balaban J connectivity index is 1.83. The number of rotatable bonds is 5. The Labute approximate surface area is 183 Å². The van der Waals surface area contributed by atoms with Crippen LogP contribution in [0.5, 0.6) is 5.75 Å². The molecular weight excluding hydrogens is 419 g/mol. The fourth-order valence-electron chi connectivity index (χ4n) is 3.45. The van der Waals surface area contributed by atoms with Gasteiger partial charge in [-0.15, -0.1) is 0 Å². The number of imide groups is 1. The molecule has 1 aliphatic heterocycles. The summed E-state index contributed by atoms with van der Waals surface area (Å²) < 4.78 is 18.6. The van der Waals surface area contributed by atoms with E-state index in [0.717, 1.165) is 10.5 Å². The number of carbonyl (C=O) groups is 2. The highest BCUT2D eigenvalue weighted by molar-refractivity contribution is 6.46. The summed E-state index contributed by atoms with van der Waals surface area (Å²) in [6.07, 6.45) is 0. The minimum atomic E-state index is -0.509. The van der Waals surface area contributed by atoms with Gasteiger partial charge in [0.15, 0.2) is 0 Å². The second kappa shape index (κ2) is 8.24. The first kappa shape index (κ1) is 20.6. The summed E-state index contributed by atoms with van der Waals surface area (Å²) in [6, 6.07) is 17.5. The molecule has 1 N–H and O–H groups in total. The Kier molecular flexibility index (Phi) is 5.48. The summed E-state index contributed by atoms with van der Waals surface area (Å²) in [4.78, 5) is 27.9. The van der Waals surface area contributed by atoms with E-state index in [2.05, 4.69) is 5.32 Å². The third kappa shape index (κ3) is 3.78. The molecule has 4 rings (SSSR count). The van der Waals surface area contributed by atoms with Crippen LogP contribution in [0, 0.1) is 12.7 Å². The number of nitrogens with one attached hydrogen (secondary N) is 1. The standard InChI is InChI=1S/C24H18ClFN2O3/c1-14-5-3-4-6-19(14)28-23(29)21(15-7-9-16(26)10-8-15)22(24(28)30)27-17-11-12-20(31-2)18(25)13-17/h3-13,27H,1-2H3. The number of para-hydroxylation sites is 1. The van der Waals surface area contributed by atoms with Crippen LogP contribution in [0.15, 0.2) is 72.4 Å². The lowest BCUT2D eigenvalue weighted by molar-refractivity contribution is -0.120. The minimum absolute atomic E-state index is 0.0843. The Hall–Kier alpha value is -3.64. The molecule has 0 saturated carbocycles. The van der Waals surface area contributed by atoms with E-state index >= 15 is 0 Å². The monoisotopic (exact) mass is 436 g/mol. The maximum absolute atomic E-state index is 13.5. The summed E-state index contributed by atoms with van der Waals surface area (Å²) in [5, 5.41) is 3.38. The van der Waals surface area contributed by atoms with E-state index in [-0.39, 0.29) is 11.3 Å². The Bertz CT molecular complexity index is 1220. The van der Waals surface area contributed by atoms with Gasteiger partial charge in [0.2, 0.25) is 0 Å².